The molecule has 94 valence electrons. The lowest BCUT2D eigenvalue weighted by Crippen LogP contribution is -2.37. The molecule has 2 atom stereocenters. The molecule has 0 heterocycles. The summed E-state index contributed by atoms with van der Waals surface area (Å²) in [5.74, 6) is -0.0353. The normalized spacial score (nSPS) is 14.1. The number of esters is 1. The van der Waals surface area contributed by atoms with Crippen LogP contribution in [0.3, 0.4) is 0 Å². The third kappa shape index (κ3) is 3.75. The predicted molar refractivity (Wildman–Crippen MR) is 65.8 cm³/mol. The Bertz CT molecular complexity index is 361. The van der Waals surface area contributed by atoms with Gasteiger partial charge in [0.2, 0.25) is 0 Å². The fraction of sp³-hybridized carbons (Fsp3) is 0.462. The van der Waals surface area contributed by atoms with Crippen molar-refractivity contribution >= 4 is 5.97 Å². The Morgan fingerprint density at radius 2 is 2.00 bits per heavy atom. The lowest BCUT2D eigenvalue weighted by Gasteiger charge is -2.21. The van der Waals surface area contributed by atoms with Crippen molar-refractivity contribution in [2.24, 2.45) is 0 Å². The maximum absolute atomic E-state index is 11.3. The molecule has 1 aromatic carbocycles. The SMILES string of the molecule is CCC(NC(C)C(=O)OC)c1ccc(O)cc1. The van der Waals surface area contributed by atoms with Crippen LogP contribution in [0.1, 0.15) is 31.9 Å². The zero-order chi connectivity index (χ0) is 12.8. The van der Waals surface area contributed by atoms with Gasteiger partial charge in [-0.15, -0.1) is 0 Å². The molecule has 17 heavy (non-hydrogen) atoms. The van der Waals surface area contributed by atoms with Crippen molar-refractivity contribution < 1.29 is 14.6 Å². The molecule has 0 saturated carbocycles. The molecule has 0 radical (unpaired) electrons. The van der Waals surface area contributed by atoms with Crippen LogP contribution in [-0.2, 0) is 9.53 Å². The van der Waals surface area contributed by atoms with Gasteiger partial charge in [-0.2, -0.15) is 0 Å². The van der Waals surface area contributed by atoms with Gasteiger partial charge in [-0.25, -0.2) is 0 Å². The standard InChI is InChI=1S/C13H19NO3/c1-4-12(14-9(2)13(16)17-3)10-5-7-11(15)8-6-10/h5-9,12,14-15H,4H2,1-3H3. The Labute approximate surface area is 102 Å². The Morgan fingerprint density at radius 1 is 1.41 bits per heavy atom. The van der Waals surface area contributed by atoms with Gasteiger partial charge in [-0.3, -0.25) is 10.1 Å². The molecular formula is C13H19NO3. The number of nitrogens with one attached hydrogen (secondary N) is 1. The fourth-order valence-electron chi connectivity index (χ4n) is 1.70. The van der Waals surface area contributed by atoms with Crippen LogP contribution in [0.2, 0.25) is 0 Å². The molecule has 0 bridgehead atoms. The smallest absolute Gasteiger partial charge is 0.322 e. The number of ether oxygens (including phenoxy) is 1. The first kappa shape index (κ1) is 13.5. The molecule has 0 saturated heterocycles. The van der Waals surface area contributed by atoms with Crippen LogP contribution < -0.4 is 5.32 Å². The van der Waals surface area contributed by atoms with Crippen molar-refractivity contribution in [1.82, 2.24) is 5.32 Å². The third-order valence-corrected chi connectivity index (χ3v) is 2.71. The van der Waals surface area contributed by atoms with Crippen LogP contribution in [0.25, 0.3) is 0 Å². The molecule has 2 N–H and O–H groups in total. The van der Waals surface area contributed by atoms with Crippen LogP contribution in [0.15, 0.2) is 24.3 Å². The van der Waals surface area contributed by atoms with E-state index in [0.29, 0.717) is 0 Å². The van der Waals surface area contributed by atoms with Crippen molar-refractivity contribution in [3.63, 3.8) is 0 Å². The van der Waals surface area contributed by atoms with Gasteiger partial charge in [0, 0.05) is 6.04 Å². The number of carbonyl (C=O) groups excluding carboxylic acids is 1. The van der Waals surface area contributed by atoms with E-state index in [0.717, 1.165) is 12.0 Å². The third-order valence-electron chi connectivity index (χ3n) is 2.71. The average Bonchev–Trinajstić information content (AvgIpc) is 2.35. The maximum atomic E-state index is 11.3. The highest BCUT2D eigenvalue weighted by Gasteiger charge is 2.18. The number of aromatic hydroxyl groups is 1. The van der Waals surface area contributed by atoms with Crippen molar-refractivity contribution in [2.45, 2.75) is 32.4 Å². The minimum absolute atomic E-state index is 0.0738. The first-order chi connectivity index (χ1) is 8.08. The largest absolute Gasteiger partial charge is 0.508 e. The highest BCUT2D eigenvalue weighted by Crippen LogP contribution is 2.20. The Balaban J connectivity index is 2.71. The lowest BCUT2D eigenvalue weighted by atomic mass is 10.0. The van der Waals surface area contributed by atoms with E-state index in [1.54, 1.807) is 19.1 Å². The van der Waals surface area contributed by atoms with Gasteiger partial charge in [0.1, 0.15) is 11.8 Å². The summed E-state index contributed by atoms with van der Waals surface area (Å²) < 4.78 is 4.67. The maximum Gasteiger partial charge on any atom is 0.322 e. The van der Waals surface area contributed by atoms with E-state index in [2.05, 4.69) is 10.1 Å². The molecule has 0 spiro atoms. The van der Waals surface area contributed by atoms with E-state index in [4.69, 9.17) is 0 Å². The van der Waals surface area contributed by atoms with Gasteiger partial charge in [-0.05, 0) is 31.0 Å². The van der Waals surface area contributed by atoms with Crippen LogP contribution in [-0.4, -0.2) is 24.2 Å². The summed E-state index contributed by atoms with van der Waals surface area (Å²) in [5.41, 5.74) is 1.04. The summed E-state index contributed by atoms with van der Waals surface area (Å²) in [4.78, 5) is 11.3. The quantitative estimate of drug-likeness (QED) is 0.769. The van der Waals surface area contributed by atoms with Crippen molar-refractivity contribution in [3.05, 3.63) is 29.8 Å². The first-order valence-corrected chi connectivity index (χ1v) is 5.71. The van der Waals surface area contributed by atoms with E-state index < -0.39 is 0 Å². The van der Waals surface area contributed by atoms with Gasteiger partial charge >= 0.3 is 5.97 Å². The van der Waals surface area contributed by atoms with E-state index in [-0.39, 0.29) is 23.8 Å². The minimum Gasteiger partial charge on any atom is -0.508 e. The molecule has 2 unspecified atom stereocenters. The average molecular weight is 237 g/mol. The molecule has 0 fully saturated rings. The van der Waals surface area contributed by atoms with Crippen LogP contribution in [0.5, 0.6) is 5.75 Å². The molecule has 4 heteroatoms. The number of rotatable bonds is 5. The number of phenols is 1. The second kappa shape index (κ2) is 6.25. The molecule has 0 amide bonds. The second-order valence-corrected chi connectivity index (χ2v) is 3.96. The summed E-state index contributed by atoms with van der Waals surface area (Å²) in [6.45, 7) is 3.81. The van der Waals surface area contributed by atoms with Crippen molar-refractivity contribution in [2.75, 3.05) is 7.11 Å². The Morgan fingerprint density at radius 3 is 2.47 bits per heavy atom. The predicted octanol–water partition coefficient (Wildman–Crippen LogP) is 1.99. The number of phenolic OH excluding ortho intramolecular Hbond substituents is 1. The van der Waals surface area contributed by atoms with Gasteiger partial charge < -0.3 is 9.84 Å². The molecule has 0 aromatic heterocycles. The number of methoxy groups -OCH3 is 1. The monoisotopic (exact) mass is 237 g/mol. The number of hydrogen-bond donors (Lipinski definition) is 2. The van der Waals surface area contributed by atoms with Crippen molar-refractivity contribution in [1.29, 1.82) is 0 Å². The highest BCUT2D eigenvalue weighted by atomic mass is 16.5. The molecule has 0 aliphatic rings. The molecule has 1 rings (SSSR count). The van der Waals surface area contributed by atoms with Gasteiger partial charge in [0.15, 0.2) is 0 Å². The second-order valence-electron chi connectivity index (χ2n) is 3.96. The minimum atomic E-state index is -0.348. The highest BCUT2D eigenvalue weighted by molar-refractivity contribution is 5.75. The Hall–Kier alpha value is -1.55. The van der Waals surface area contributed by atoms with E-state index in [9.17, 15) is 9.90 Å². The molecule has 0 aliphatic carbocycles. The van der Waals surface area contributed by atoms with Crippen LogP contribution in [0, 0.1) is 0 Å². The fourth-order valence-corrected chi connectivity index (χ4v) is 1.70. The number of carbonyl (C=O) groups is 1. The van der Waals surface area contributed by atoms with E-state index in [1.165, 1.54) is 7.11 Å². The summed E-state index contributed by atoms with van der Waals surface area (Å²) in [6, 6.07) is 6.70. The number of benzene rings is 1. The zero-order valence-corrected chi connectivity index (χ0v) is 10.4. The van der Waals surface area contributed by atoms with Crippen LogP contribution >= 0.6 is 0 Å². The van der Waals surface area contributed by atoms with E-state index in [1.807, 2.05) is 19.1 Å². The molecule has 0 aliphatic heterocycles. The summed E-state index contributed by atoms with van der Waals surface area (Å²) >= 11 is 0. The van der Waals surface area contributed by atoms with E-state index >= 15 is 0 Å². The molecular weight excluding hydrogens is 218 g/mol. The van der Waals surface area contributed by atoms with Gasteiger partial charge in [-0.1, -0.05) is 19.1 Å². The lowest BCUT2D eigenvalue weighted by molar-refractivity contribution is -0.142. The summed E-state index contributed by atoms with van der Waals surface area (Å²) in [5, 5.41) is 12.4. The van der Waals surface area contributed by atoms with Gasteiger partial charge in [0.05, 0.1) is 7.11 Å². The first-order valence-electron chi connectivity index (χ1n) is 5.71. The van der Waals surface area contributed by atoms with Gasteiger partial charge in [0.25, 0.3) is 0 Å². The summed E-state index contributed by atoms with van der Waals surface area (Å²) in [6.07, 6.45) is 0.853. The Kier molecular flexibility index (Phi) is 4.97. The number of hydrogen-bond acceptors (Lipinski definition) is 4. The topological polar surface area (TPSA) is 58.6 Å². The van der Waals surface area contributed by atoms with Crippen molar-refractivity contribution in [3.8, 4) is 5.75 Å². The van der Waals surface area contributed by atoms with Crippen LogP contribution in [0.4, 0.5) is 0 Å². The zero-order valence-electron chi connectivity index (χ0n) is 10.4. The molecule has 1 aromatic rings. The summed E-state index contributed by atoms with van der Waals surface area (Å²) in [7, 11) is 1.38. The molecule has 4 nitrogen and oxygen atoms in total.